The van der Waals surface area contributed by atoms with Crippen LogP contribution in [0.1, 0.15) is 21.6 Å². The Kier molecular flexibility index (Phi) is 4.50. The summed E-state index contributed by atoms with van der Waals surface area (Å²) in [5.74, 6) is -1.00. The van der Waals surface area contributed by atoms with Gasteiger partial charge in [0, 0.05) is 25.0 Å². The number of aromatic nitrogens is 2. The lowest BCUT2D eigenvalue weighted by molar-refractivity contribution is 0.0988. The molecule has 0 saturated carbocycles. The lowest BCUT2D eigenvalue weighted by Crippen LogP contribution is -2.13. The van der Waals surface area contributed by atoms with Gasteiger partial charge in [-0.1, -0.05) is 18.2 Å². The number of hydrogen-bond acceptors (Lipinski definition) is 4. The Morgan fingerprint density at radius 3 is 2.68 bits per heavy atom. The van der Waals surface area contributed by atoms with Crippen LogP contribution in [0.3, 0.4) is 0 Å². The van der Waals surface area contributed by atoms with Crippen molar-refractivity contribution in [1.82, 2.24) is 8.96 Å². The molecule has 1 aromatic carbocycles. The number of aryl methyl sites for hydroxylation is 1. The summed E-state index contributed by atoms with van der Waals surface area (Å²) in [6.07, 6.45) is 4.15. The molecule has 2 aromatic heterocycles. The van der Waals surface area contributed by atoms with Crippen molar-refractivity contribution >= 4 is 15.8 Å². The van der Waals surface area contributed by atoms with E-state index in [1.54, 1.807) is 18.2 Å². The fourth-order valence-corrected chi connectivity index (χ4v) is 3.77. The molecule has 0 N–H and O–H groups in total. The summed E-state index contributed by atoms with van der Waals surface area (Å²) in [4.78, 5) is 15.7. The number of hydrogen-bond donors (Lipinski definition) is 0. The van der Waals surface area contributed by atoms with Crippen molar-refractivity contribution in [3.05, 3.63) is 83.7 Å². The van der Waals surface area contributed by atoms with Gasteiger partial charge in [0.2, 0.25) is 0 Å². The van der Waals surface area contributed by atoms with E-state index >= 15 is 0 Å². The SMILES string of the molecule is Cc1cccc(S(=O)(=O)n2ccc(CC(=O)c3ccccn3)c2)c1F. The Bertz CT molecular complexity index is 1030. The van der Waals surface area contributed by atoms with Gasteiger partial charge in [0.15, 0.2) is 5.78 Å². The average molecular weight is 358 g/mol. The van der Waals surface area contributed by atoms with Gasteiger partial charge in [-0.25, -0.2) is 16.8 Å². The van der Waals surface area contributed by atoms with E-state index in [0.717, 1.165) is 3.97 Å². The van der Waals surface area contributed by atoms with Crippen LogP contribution in [-0.4, -0.2) is 23.2 Å². The highest BCUT2D eigenvalue weighted by Crippen LogP contribution is 2.21. The predicted octanol–water partition coefficient (Wildman–Crippen LogP) is 2.99. The second kappa shape index (κ2) is 6.60. The first-order chi connectivity index (χ1) is 11.9. The number of rotatable bonds is 5. The zero-order chi connectivity index (χ0) is 18.0. The monoisotopic (exact) mass is 358 g/mol. The molecule has 7 heteroatoms. The standard InChI is InChI=1S/C18H15FN2O3S/c1-13-5-4-7-17(18(13)19)25(23,24)21-10-8-14(12-21)11-16(22)15-6-2-3-9-20-15/h2-10,12H,11H2,1H3. The fourth-order valence-electron chi connectivity index (χ4n) is 2.41. The first-order valence-electron chi connectivity index (χ1n) is 7.51. The lowest BCUT2D eigenvalue weighted by Gasteiger charge is -2.08. The van der Waals surface area contributed by atoms with E-state index in [2.05, 4.69) is 4.98 Å². The fraction of sp³-hybridized carbons (Fsp3) is 0.111. The van der Waals surface area contributed by atoms with Crippen LogP contribution >= 0.6 is 0 Å². The first-order valence-corrected chi connectivity index (χ1v) is 8.95. The molecule has 128 valence electrons. The van der Waals surface area contributed by atoms with Gasteiger partial charge in [0.25, 0.3) is 10.0 Å². The number of carbonyl (C=O) groups excluding carboxylic acids is 1. The number of pyridine rings is 1. The minimum atomic E-state index is -4.06. The largest absolute Gasteiger partial charge is 0.292 e. The third-order valence-electron chi connectivity index (χ3n) is 3.76. The van der Waals surface area contributed by atoms with E-state index < -0.39 is 20.7 Å². The Labute approximate surface area is 144 Å². The van der Waals surface area contributed by atoms with Gasteiger partial charge in [0.05, 0.1) is 0 Å². The number of benzene rings is 1. The molecular formula is C18H15FN2O3S. The van der Waals surface area contributed by atoms with Gasteiger partial charge in [0.1, 0.15) is 16.4 Å². The van der Waals surface area contributed by atoms with Crippen molar-refractivity contribution < 1.29 is 17.6 Å². The molecule has 3 rings (SSSR count). The Balaban J connectivity index is 1.88. The number of nitrogens with zero attached hydrogens (tertiary/aromatic N) is 2. The third-order valence-corrected chi connectivity index (χ3v) is 5.41. The van der Waals surface area contributed by atoms with Gasteiger partial charge in [-0.15, -0.1) is 0 Å². The molecule has 5 nitrogen and oxygen atoms in total. The number of halogens is 1. The van der Waals surface area contributed by atoms with E-state index in [9.17, 15) is 17.6 Å². The summed E-state index contributed by atoms with van der Waals surface area (Å²) in [5, 5.41) is 0. The summed E-state index contributed by atoms with van der Waals surface area (Å²) in [5.41, 5.74) is 1.06. The lowest BCUT2D eigenvalue weighted by atomic mass is 10.1. The van der Waals surface area contributed by atoms with Gasteiger partial charge in [-0.05, 0) is 42.3 Å². The summed E-state index contributed by atoms with van der Waals surface area (Å²) in [7, 11) is -4.06. The van der Waals surface area contributed by atoms with E-state index in [1.165, 1.54) is 49.8 Å². The molecule has 0 saturated heterocycles. The van der Waals surface area contributed by atoms with Crippen LogP contribution < -0.4 is 0 Å². The molecule has 0 spiro atoms. The average Bonchev–Trinajstić information content (AvgIpc) is 3.07. The Morgan fingerprint density at radius 1 is 1.16 bits per heavy atom. The van der Waals surface area contributed by atoms with Gasteiger partial charge in [-0.3, -0.25) is 9.78 Å². The summed E-state index contributed by atoms with van der Waals surface area (Å²) in [6, 6.07) is 10.7. The predicted molar refractivity (Wildman–Crippen MR) is 90.4 cm³/mol. The van der Waals surface area contributed by atoms with Crippen LogP contribution in [-0.2, 0) is 16.4 Å². The molecule has 0 unspecified atom stereocenters. The summed E-state index contributed by atoms with van der Waals surface area (Å²) in [6.45, 7) is 1.50. The molecular weight excluding hydrogens is 343 g/mol. The molecule has 0 aliphatic heterocycles. The van der Waals surface area contributed by atoms with E-state index in [0.29, 0.717) is 11.3 Å². The van der Waals surface area contributed by atoms with Crippen LogP contribution in [0.15, 0.2) is 66.0 Å². The Morgan fingerprint density at radius 2 is 1.96 bits per heavy atom. The van der Waals surface area contributed by atoms with E-state index in [1.807, 2.05) is 0 Å². The Hall–Kier alpha value is -2.80. The van der Waals surface area contributed by atoms with Crippen molar-refractivity contribution in [3.8, 4) is 0 Å². The topological polar surface area (TPSA) is 69.0 Å². The highest BCUT2D eigenvalue weighted by Gasteiger charge is 2.22. The van der Waals surface area contributed by atoms with Crippen LogP contribution in [0.4, 0.5) is 4.39 Å². The number of Topliss-reactive ketones (excluding diaryl/α,β-unsaturated/α-hetero) is 1. The van der Waals surface area contributed by atoms with Crippen molar-refractivity contribution in [2.24, 2.45) is 0 Å². The third kappa shape index (κ3) is 3.36. The van der Waals surface area contributed by atoms with Crippen LogP contribution in [0.5, 0.6) is 0 Å². The molecule has 0 bridgehead atoms. The minimum Gasteiger partial charge on any atom is -0.292 e. The molecule has 0 aliphatic carbocycles. The maximum absolute atomic E-state index is 14.2. The van der Waals surface area contributed by atoms with E-state index in [-0.39, 0.29) is 17.8 Å². The van der Waals surface area contributed by atoms with E-state index in [4.69, 9.17) is 0 Å². The zero-order valence-electron chi connectivity index (χ0n) is 13.4. The maximum atomic E-state index is 14.2. The second-order valence-electron chi connectivity index (χ2n) is 5.56. The van der Waals surface area contributed by atoms with Gasteiger partial charge >= 0.3 is 0 Å². The molecule has 3 aromatic rings. The molecule has 0 fully saturated rings. The molecule has 0 aliphatic rings. The van der Waals surface area contributed by atoms with Crippen molar-refractivity contribution in [2.75, 3.05) is 0 Å². The molecule has 2 heterocycles. The molecule has 0 atom stereocenters. The number of ketones is 1. The van der Waals surface area contributed by atoms with Crippen LogP contribution in [0.2, 0.25) is 0 Å². The van der Waals surface area contributed by atoms with Crippen LogP contribution in [0.25, 0.3) is 0 Å². The van der Waals surface area contributed by atoms with Gasteiger partial charge < -0.3 is 0 Å². The summed E-state index contributed by atoms with van der Waals surface area (Å²) < 4.78 is 40.3. The van der Waals surface area contributed by atoms with Crippen LogP contribution in [0, 0.1) is 12.7 Å². The van der Waals surface area contributed by atoms with Gasteiger partial charge in [-0.2, -0.15) is 0 Å². The first kappa shape index (κ1) is 17.0. The quantitative estimate of drug-likeness (QED) is 0.658. The van der Waals surface area contributed by atoms with Crippen molar-refractivity contribution in [2.45, 2.75) is 18.2 Å². The summed E-state index contributed by atoms with van der Waals surface area (Å²) >= 11 is 0. The number of carbonyl (C=O) groups is 1. The van der Waals surface area contributed by atoms with Crippen molar-refractivity contribution in [1.29, 1.82) is 0 Å². The van der Waals surface area contributed by atoms with Crippen molar-refractivity contribution in [3.63, 3.8) is 0 Å². The zero-order valence-corrected chi connectivity index (χ0v) is 14.2. The molecule has 0 radical (unpaired) electrons. The normalized spacial score (nSPS) is 11.4. The molecule has 25 heavy (non-hydrogen) atoms. The second-order valence-corrected chi connectivity index (χ2v) is 7.37. The highest BCUT2D eigenvalue weighted by atomic mass is 32.2. The maximum Gasteiger partial charge on any atom is 0.270 e. The molecule has 0 amide bonds. The minimum absolute atomic E-state index is 0.00975. The smallest absolute Gasteiger partial charge is 0.270 e. The highest BCUT2D eigenvalue weighted by molar-refractivity contribution is 7.90.